The molecule has 2 fully saturated rings. The van der Waals surface area contributed by atoms with Crippen LogP contribution in [0.2, 0.25) is 0 Å². The van der Waals surface area contributed by atoms with E-state index in [1.807, 2.05) is 0 Å². The lowest BCUT2D eigenvalue weighted by Gasteiger charge is -2.60. The van der Waals surface area contributed by atoms with Crippen LogP contribution in [0.1, 0.15) is 126 Å². The van der Waals surface area contributed by atoms with Crippen LogP contribution in [-0.4, -0.2) is 24.1 Å². The molecule has 4 aliphatic rings. The van der Waals surface area contributed by atoms with E-state index in [9.17, 15) is 9.59 Å². The second-order valence-electron chi connectivity index (χ2n) is 14.0. The maximum atomic E-state index is 12.2. The van der Waals surface area contributed by atoms with E-state index in [4.69, 9.17) is 9.47 Å². The van der Waals surface area contributed by atoms with Crippen LogP contribution in [0.3, 0.4) is 0 Å². The standard InChI is InChI=1S/C32H52O4/c1-20(2)10-9-11-21(3)25-13-16-32(8)27-19-29(36-23(5)34)28-18-24(35-22(4)33)12-15-30(28,6)26(27)14-17-31(25,32)7/h20-21,24-25,28-29H,9-19H2,1-8H3/t21-,24?,25-,28?,29?,30-,31-,32+/m1/s1. The quantitative estimate of drug-likeness (QED) is 0.262. The summed E-state index contributed by atoms with van der Waals surface area (Å²) in [5.41, 5.74) is 3.81. The van der Waals surface area contributed by atoms with Crippen LogP contribution in [0.5, 0.6) is 0 Å². The third-order valence-corrected chi connectivity index (χ3v) is 11.6. The zero-order valence-corrected chi connectivity index (χ0v) is 24.4. The van der Waals surface area contributed by atoms with Gasteiger partial charge in [-0.1, -0.05) is 72.0 Å². The fourth-order valence-electron chi connectivity index (χ4n) is 9.49. The molecular weight excluding hydrogens is 448 g/mol. The van der Waals surface area contributed by atoms with Gasteiger partial charge in [0.1, 0.15) is 12.2 Å². The molecule has 0 radical (unpaired) electrons. The maximum Gasteiger partial charge on any atom is 0.302 e. The molecule has 4 rings (SSSR count). The molecule has 0 spiro atoms. The normalized spacial score (nSPS) is 40.8. The summed E-state index contributed by atoms with van der Waals surface area (Å²) in [5, 5.41) is 0. The maximum absolute atomic E-state index is 12.2. The van der Waals surface area contributed by atoms with Crippen molar-refractivity contribution in [2.75, 3.05) is 0 Å². The first-order valence-electron chi connectivity index (χ1n) is 14.9. The van der Waals surface area contributed by atoms with E-state index in [1.54, 1.807) is 18.1 Å². The summed E-state index contributed by atoms with van der Waals surface area (Å²) >= 11 is 0. The van der Waals surface area contributed by atoms with Gasteiger partial charge < -0.3 is 9.47 Å². The fraction of sp³-hybridized carbons (Fsp3) is 0.875. The van der Waals surface area contributed by atoms with Crippen molar-refractivity contribution in [3.8, 4) is 0 Å². The number of carbonyl (C=O) groups is 2. The molecule has 0 amide bonds. The van der Waals surface area contributed by atoms with Gasteiger partial charge in [-0.15, -0.1) is 0 Å². The monoisotopic (exact) mass is 500 g/mol. The second-order valence-corrected chi connectivity index (χ2v) is 14.0. The molecule has 2 saturated carbocycles. The number of allylic oxidation sites excluding steroid dienone is 1. The minimum absolute atomic E-state index is 0.0235. The summed E-state index contributed by atoms with van der Waals surface area (Å²) < 4.78 is 11.8. The summed E-state index contributed by atoms with van der Waals surface area (Å²) in [6.45, 7) is 17.8. The van der Waals surface area contributed by atoms with Crippen LogP contribution >= 0.6 is 0 Å². The first-order valence-corrected chi connectivity index (χ1v) is 14.9. The van der Waals surface area contributed by atoms with Crippen molar-refractivity contribution >= 4 is 11.9 Å². The van der Waals surface area contributed by atoms with Gasteiger partial charge in [-0.2, -0.15) is 0 Å². The van der Waals surface area contributed by atoms with Gasteiger partial charge in [0.15, 0.2) is 0 Å². The summed E-state index contributed by atoms with van der Waals surface area (Å²) in [4.78, 5) is 24.0. The van der Waals surface area contributed by atoms with E-state index in [-0.39, 0.29) is 40.9 Å². The lowest BCUT2D eigenvalue weighted by atomic mass is 9.46. The molecule has 0 saturated heterocycles. The van der Waals surface area contributed by atoms with Gasteiger partial charge in [-0.05, 0) is 78.9 Å². The number of rotatable bonds is 7. The SMILES string of the molecule is CC(=O)OC1CC[C@]2(C)C3=C(CC(OC(C)=O)C2C1)[C@]1(C)CC[C@H]([C@H](C)CCCC(C)C)[C@@]1(C)CC3. The van der Waals surface area contributed by atoms with E-state index in [2.05, 4.69) is 41.5 Å². The van der Waals surface area contributed by atoms with Crippen molar-refractivity contribution in [2.24, 2.45) is 39.9 Å². The molecule has 0 aliphatic heterocycles. The Balaban J connectivity index is 1.65. The van der Waals surface area contributed by atoms with Crippen LogP contribution < -0.4 is 0 Å². The highest BCUT2D eigenvalue weighted by Gasteiger charge is 2.63. The topological polar surface area (TPSA) is 52.6 Å². The number of ether oxygens (including phenoxy) is 2. The van der Waals surface area contributed by atoms with Gasteiger partial charge >= 0.3 is 11.9 Å². The molecule has 0 aromatic rings. The second kappa shape index (κ2) is 10.1. The van der Waals surface area contributed by atoms with E-state index in [0.717, 1.165) is 43.4 Å². The van der Waals surface area contributed by atoms with E-state index >= 15 is 0 Å². The fourth-order valence-corrected chi connectivity index (χ4v) is 9.49. The van der Waals surface area contributed by atoms with Crippen LogP contribution in [-0.2, 0) is 19.1 Å². The van der Waals surface area contributed by atoms with Gasteiger partial charge in [-0.25, -0.2) is 0 Å². The highest BCUT2D eigenvalue weighted by molar-refractivity contribution is 5.66. The Hall–Kier alpha value is -1.32. The molecule has 0 heterocycles. The Bertz CT molecular complexity index is 889. The Kier molecular flexibility index (Phi) is 7.77. The van der Waals surface area contributed by atoms with Gasteiger partial charge in [0, 0.05) is 26.2 Å². The van der Waals surface area contributed by atoms with E-state index in [1.165, 1.54) is 51.9 Å². The first kappa shape index (κ1) is 27.7. The van der Waals surface area contributed by atoms with Gasteiger partial charge in [0.05, 0.1) is 0 Å². The van der Waals surface area contributed by atoms with Crippen molar-refractivity contribution in [3.05, 3.63) is 11.1 Å². The number of hydrogen-bond acceptors (Lipinski definition) is 4. The number of esters is 2. The molecule has 4 nitrogen and oxygen atoms in total. The Morgan fingerprint density at radius 3 is 2.25 bits per heavy atom. The third kappa shape index (κ3) is 4.68. The van der Waals surface area contributed by atoms with Crippen molar-refractivity contribution < 1.29 is 19.1 Å². The van der Waals surface area contributed by atoms with Crippen molar-refractivity contribution in [1.29, 1.82) is 0 Å². The number of fused-ring (bicyclic) bond motifs is 4. The molecule has 4 heteroatoms. The third-order valence-electron chi connectivity index (χ3n) is 11.6. The highest BCUT2D eigenvalue weighted by Crippen LogP contribution is 2.71. The average molecular weight is 501 g/mol. The first-order chi connectivity index (χ1) is 16.8. The summed E-state index contributed by atoms with van der Waals surface area (Å²) in [7, 11) is 0. The average Bonchev–Trinajstić information content (AvgIpc) is 3.05. The molecule has 0 bridgehead atoms. The molecule has 0 N–H and O–H groups in total. The molecule has 8 atom stereocenters. The van der Waals surface area contributed by atoms with Gasteiger partial charge in [0.25, 0.3) is 0 Å². The molecular formula is C32H52O4. The van der Waals surface area contributed by atoms with Crippen LogP contribution in [0.15, 0.2) is 11.1 Å². The lowest BCUT2D eigenvalue weighted by molar-refractivity contribution is -0.163. The Labute approximate surface area is 220 Å². The zero-order chi connectivity index (χ0) is 26.5. The summed E-state index contributed by atoms with van der Waals surface area (Å²) in [6.07, 6.45) is 12.4. The minimum Gasteiger partial charge on any atom is -0.463 e. The predicted octanol–water partition coefficient (Wildman–Crippen LogP) is 8.04. The van der Waals surface area contributed by atoms with Crippen molar-refractivity contribution in [1.82, 2.24) is 0 Å². The molecule has 0 aromatic carbocycles. The molecule has 3 unspecified atom stereocenters. The van der Waals surface area contributed by atoms with Crippen molar-refractivity contribution in [3.63, 3.8) is 0 Å². The lowest BCUT2D eigenvalue weighted by Crippen LogP contribution is -2.54. The highest BCUT2D eigenvalue weighted by atomic mass is 16.5. The van der Waals surface area contributed by atoms with Gasteiger partial charge in [0.2, 0.25) is 0 Å². The van der Waals surface area contributed by atoms with E-state index < -0.39 is 0 Å². The summed E-state index contributed by atoms with van der Waals surface area (Å²) in [6, 6.07) is 0. The Morgan fingerprint density at radius 1 is 0.917 bits per heavy atom. The minimum atomic E-state index is -0.205. The molecule has 204 valence electrons. The van der Waals surface area contributed by atoms with Crippen LogP contribution in [0.25, 0.3) is 0 Å². The smallest absolute Gasteiger partial charge is 0.302 e. The number of hydrogen-bond donors (Lipinski definition) is 0. The predicted molar refractivity (Wildman–Crippen MR) is 144 cm³/mol. The Morgan fingerprint density at radius 2 is 1.61 bits per heavy atom. The summed E-state index contributed by atoms with van der Waals surface area (Å²) in [5.74, 6) is 2.14. The largest absolute Gasteiger partial charge is 0.463 e. The van der Waals surface area contributed by atoms with Gasteiger partial charge in [-0.3, -0.25) is 9.59 Å². The molecule has 0 aromatic heterocycles. The molecule has 4 aliphatic carbocycles. The van der Waals surface area contributed by atoms with E-state index in [0.29, 0.717) is 5.41 Å². The van der Waals surface area contributed by atoms with Crippen LogP contribution in [0, 0.1) is 39.9 Å². The number of carbonyl (C=O) groups excluding carboxylic acids is 2. The van der Waals surface area contributed by atoms with Crippen molar-refractivity contribution in [2.45, 2.75) is 138 Å². The zero-order valence-electron chi connectivity index (χ0n) is 24.4. The van der Waals surface area contributed by atoms with Crippen LogP contribution in [0.4, 0.5) is 0 Å². The molecule has 36 heavy (non-hydrogen) atoms.